The lowest BCUT2D eigenvalue weighted by Gasteiger charge is -2.13. The molecule has 0 aliphatic heterocycles. The number of carboxylic acid groups (broad SMARTS) is 1. The first-order chi connectivity index (χ1) is 9.56. The van der Waals surface area contributed by atoms with Gasteiger partial charge >= 0.3 is 5.97 Å². The molecule has 0 fully saturated rings. The summed E-state index contributed by atoms with van der Waals surface area (Å²) in [6.07, 6.45) is 2.45. The van der Waals surface area contributed by atoms with Gasteiger partial charge in [0.15, 0.2) is 0 Å². The smallest absolute Gasteiger partial charge is 0.307 e. The fourth-order valence-electron chi connectivity index (χ4n) is 1.96. The van der Waals surface area contributed by atoms with Crippen molar-refractivity contribution in [3.8, 4) is 0 Å². The highest BCUT2D eigenvalue weighted by Gasteiger charge is 2.20. The minimum atomic E-state index is -0.838. The maximum absolute atomic E-state index is 11.4. The lowest BCUT2D eigenvalue weighted by molar-refractivity contribution is -0.141. The number of carbonyl (C=O) groups is 1. The zero-order valence-electron chi connectivity index (χ0n) is 10.6. The summed E-state index contributed by atoms with van der Waals surface area (Å²) in [5.41, 5.74) is 1.60. The van der Waals surface area contributed by atoms with Gasteiger partial charge in [0.2, 0.25) is 0 Å². The van der Waals surface area contributed by atoms with E-state index in [0.29, 0.717) is 17.9 Å². The van der Waals surface area contributed by atoms with Gasteiger partial charge in [0, 0.05) is 27.8 Å². The summed E-state index contributed by atoms with van der Waals surface area (Å²) in [5.74, 6) is -1.38. The second kappa shape index (κ2) is 6.86. The number of aromatic nitrogens is 1. The van der Waals surface area contributed by atoms with E-state index in [0.717, 1.165) is 15.7 Å². The van der Waals surface area contributed by atoms with E-state index in [1.54, 1.807) is 12.3 Å². The first-order valence-electron chi connectivity index (χ1n) is 6.13. The van der Waals surface area contributed by atoms with E-state index in [4.69, 9.17) is 11.6 Å². The van der Waals surface area contributed by atoms with Crippen molar-refractivity contribution in [2.45, 2.75) is 12.8 Å². The van der Waals surface area contributed by atoms with Crippen LogP contribution in [-0.4, -0.2) is 16.1 Å². The van der Waals surface area contributed by atoms with Gasteiger partial charge in [0.25, 0.3) is 0 Å². The molecule has 1 aromatic heterocycles. The quantitative estimate of drug-likeness (QED) is 0.883. The van der Waals surface area contributed by atoms with Crippen LogP contribution < -0.4 is 0 Å². The summed E-state index contributed by atoms with van der Waals surface area (Å²) in [5, 5.41) is 9.96. The summed E-state index contributed by atoms with van der Waals surface area (Å²) >= 11 is 9.39. The molecule has 0 saturated carbocycles. The van der Waals surface area contributed by atoms with Crippen LogP contribution in [0.25, 0.3) is 0 Å². The SMILES string of the molecule is O=C(O)C(Cc1ccc(Br)cn1)Cc1ccccc1Cl. The first kappa shape index (κ1) is 15.0. The third kappa shape index (κ3) is 4.05. The summed E-state index contributed by atoms with van der Waals surface area (Å²) in [4.78, 5) is 15.6. The van der Waals surface area contributed by atoms with Gasteiger partial charge in [-0.15, -0.1) is 0 Å². The molecule has 20 heavy (non-hydrogen) atoms. The summed E-state index contributed by atoms with van der Waals surface area (Å²) in [6, 6.07) is 11.0. The van der Waals surface area contributed by atoms with Crippen LogP contribution in [0.15, 0.2) is 47.1 Å². The molecule has 2 aromatic rings. The Hall–Kier alpha value is -1.39. The van der Waals surface area contributed by atoms with Gasteiger partial charge in [-0.3, -0.25) is 9.78 Å². The van der Waals surface area contributed by atoms with Crippen LogP contribution in [-0.2, 0) is 17.6 Å². The number of rotatable bonds is 5. The van der Waals surface area contributed by atoms with Crippen LogP contribution in [0.5, 0.6) is 0 Å². The van der Waals surface area contributed by atoms with E-state index in [1.807, 2.05) is 30.3 Å². The highest BCUT2D eigenvalue weighted by molar-refractivity contribution is 9.10. The molecule has 1 unspecified atom stereocenters. The van der Waals surface area contributed by atoms with Crippen molar-refractivity contribution in [2.75, 3.05) is 0 Å². The van der Waals surface area contributed by atoms with Gasteiger partial charge in [-0.2, -0.15) is 0 Å². The summed E-state index contributed by atoms with van der Waals surface area (Å²) < 4.78 is 0.874. The molecule has 0 aliphatic rings. The molecule has 0 amide bonds. The number of benzene rings is 1. The molecule has 0 saturated heterocycles. The van der Waals surface area contributed by atoms with Crippen LogP contribution >= 0.6 is 27.5 Å². The van der Waals surface area contributed by atoms with Crippen LogP contribution in [0.2, 0.25) is 5.02 Å². The Labute approximate surface area is 130 Å². The van der Waals surface area contributed by atoms with Crippen molar-refractivity contribution in [3.05, 3.63) is 63.3 Å². The van der Waals surface area contributed by atoms with Crippen molar-refractivity contribution in [1.29, 1.82) is 0 Å². The molecular formula is C15H13BrClNO2. The third-order valence-electron chi connectivity index (χ3n) is 3.02. The maximum Gasteiger partial charge on any atom is 0.307 e. The number of carboxylic acids is 1. The molecule has 0 radical (unpaired) electrons. The van der Waals surface area contributed by atoms with E-state index >= 15 is 0 Å². The standard InChI is InChI=1S/C15H13BrClNO2/c16-12-5-6-13(18-9-12)8-11(15(19)20)7-10-3-1-2-4-14(10)17/h1-6,9,11H,7-8H2,(H,19,20). The fraction of sp³-hybridized carbons (Fsp3) is 0.200. The Kier molecular flexibility index (Phi) is 5.15. The second-order valence-corrected chi connectivity index (χ2v) is 5.83. The molecule has 0 aliphatic carbocycles. The predicted molar refractivity (Wildman–Crippen MR) is 81.9 cm³/mol. The Balaban J connectivity index is 2.14. The van der Waals surface area contributed by atoms with E-state index in [-0.39, 0.29) is 0 Å². The van der Waals surface area contributed by atoms with Crippen LogP contribution in [0.1, 0.15) is 11.3 Å². The molecule has 2 rings (SSSR count). The predicted octanol–water partition coefficient (Wildman–Crippen LogP) is 3.98. The number of aliphatic carboxylic acids is 1. The molecule has 104 valence electrons. The van der Waals surface area contributed by atoms with Crippen LogP contribution in [0.4, 0.5) is 0 Å². The molecule has 1 atom stereocenters. The van der Waals surface area contributed by atoms with E-state index in [2.05, 4.69) is 20.9 Å². The number of hydrogen-bond donors (Lipinski definition) is 1. The van der Waals surface area contributed by atoms with Crippen molar-refractivity contribution in [1.82, 2.24) is 4.98 Å². The van der Waals surface area contributed by atoms with Gasteiger partial charge in [0.05, 0.1) is 5.92 Å². The molecule has 0 bridgehead atoms. The van der Waals surface area contributed by atoms with Gasteiger partial charge in [-0.1, -0.05) is 29.8 Å². The minimum absolute atomic E-state index is 0.383. The Morgan fingerprint density at radius 1 is 1.25 bits per heavy atom. The molecule has 0 spiro atoms. The van der Waals surface area contributed by atoms with E-state index < -0.39 is 11.9 Å². The summed E-state index contributed by atoms with van der Waals surface area (Å²) in [7, 11) is 0. The number of halogens is 2. The minimum Gasteiger partial charge on any atom is -0.481 e. The second-order valence-electron chi connectivity index (χ2n) is 4.50. The van der Waals surface area contributed by atoms with Crippen LogP contribution in [0.3, 0.4) is 0 Å². The third-order valence-corrected chi connectivity index (χ3v) is 3.86. The lowest BCUT2D eigenvalue weighted by atomic mass is 9.94. The van der Waals surface area contributed by atoms with Gasteiger partial charge in [-0.25, -0.2) is 0 Å². The molecular weight excluding hydrogens is 342 g/mol. The number of pyridine rings is 1. The van der Waals surface area contributed by atoms with Crippen LogP contribution in [0, 0.1) is 5.92 Å². The lowest BCUT2D eigenvalue weighted by Crippen LogP contribution is -2.19. The number of hydrogen-bond acceptors (Lipinski definition) is 2. The fourth-order valence-corrected chi connectivity index (χ4v) is 2.40. The van der Waals surface area contributed by atoms with Crippen molar-refractivity contribution >= 4 is 33.5 Å². The average molecular weight is 355 g/mol. The maximum atomic E-state index is 11.4. The molecule has 3 nitrogen and oxygen atoms in total. The zero-order valence-corrected chi connectivity index (χ0v) is 12.9. The molecule has 1 N–H and O–H groups in total. The normalized spacial score (nSPS) is 12.1. The van der Waals surface area contributed by atoms with Gasteiger partial charge < -0.3 is 5.11 Å². The van der Waals surface area contributed by atoms with Crippen molar-refractivity contribution in [2.24, 2.45) is 5.92 Å². The molecule has 1 heterocycles. The Bertz CT molecular complexity index is 601. The van der Waals surface area contributed by atoms with Gasteiger partial charge in [-0.05, 0) is 46.1 Å². The first-order valence-corrected chi connectivity index (χ1v) is 7.30. The molecule has 5 heteroatoms. The average Bonchev–Trinajstić information content (AvgIpc) is 2.42. The highest BCUT2D eigenvalue weighted by Crippen LogP contribution is 2.21. The topological polar surface area (TPSA) is 50.2 Å². The van der Waals surface area contributed by atoms with Gasteiger partial charge in [0.1, 0.15) is 0 Å². The zero-order chi connectivity index (χ0) is 14.5. The highest BCUT2D eigenvalue weighted by atomic mass is 79.9. The van der Waals surface area contributed by atoms with Crippen molar-refractivity contribution in [3.63, 3.8) is 0 Å². The Morgan fingerprint density at radius 2 is 2.00 bits per heavy atom. The monoisotopic (exact) mass is 353 g/mol. The Morgan fingerprint density at radius 3 is 2.60 bits per heavy atom. The largest absolute Gasteiger partial charge is 0.481 e. The van der Waals surface area contributed by atoms with Crippen molar-refractivity contribution < 1.29 is 9.90 Å². The molecule has 1 aromatic carbocycles. The van der Waals surface area contributed by atoms with E-state index in [1.165, 1.54) is 0 Å². The van der Waals surface area contributed by atoms with E-state index in [9.17, 15) is 9.90 Å². The summed E-state index contributed by atoms with van der Waals surface area (Å²) in [6.45, 7) is 0. The number of nitrogens with zero attached hydrogens (tertiary/aromatic N) is 1.